The van der Waals surface area contributed by atoms with Gasteiger partial charge in [-0.3, -0.25) is 0 Å². The average Bonchev–Trinajstić information content (AvgIpc) is 2.08. The smallest absolute Gasteiger partial charge is 0.404 e. The molecule has 0 radical (unpaired) electrons. The summed E-state index contributed by atoms with van der Waals surface area (Å²) in [5.74, 6) is 0. The summed E-state index contributed by atoms with van der Waals surface area (Å²) < 4.78 is 4.66. The van der Waals surface area contributed by atoms with E-state index in [1.165, 1.54) is 0 Å². The number of nitrogens with two attached hydrogens (primary N) is 1. The maximum absolute atomic E-state index is 10.3. The van der Waals surface area contributed by atoms with Crippen LogP contribution in [-0.4, -0.2) is 24.4 Å². The molecule has 4 heteroatoms. The Morgan fingerprint density at radius 3 is 2.25 bits per heavy atom. The minimum Gasteiger partial charge on any atom is -0.449 e. The molecule has 1 amide bonds. The van der Waals surface area contributed by atoms with Crippen LogP contribution in [0.1, 0.15) is 26.7 Å². The zero-order chi connectivity index (χ0) is 9.61. The quantitative estimate of drug-likeness (QED) is 0.651. The molecule has 0 aromatic rings. The molecule has 12 heavy (non-hydrogen) atoms. The largest absolute Gasteiger partial charge is 0.449 e. The van der Waals surface area contributed by atoms with E-state index < -0.39 is 6.09 Å². The molecular weight excluding hydrogens is 158 g/mol. The fourth-order valence-electron chi connectivity index (χ4n) is 0.948. The van der Waals surface area contributed by atoms with E-state index in [2.05, 4.69) is 4.74 Å². The number of hydrogen-bond acceptors (Lipinski definition) is 3. The molecule has 3 N–H and O–H groups in total. The molecule has 0 atom stereocenters. The molecule has 0 aliphatic carbocycles. The van der Waals surface area contributed by atoms with E-state index >= 15 is 0 Å². The summed E-state index contributed by atoms with van der Waals surface area (Å²) in [5.41, 5.74) is 4.51. The Kier molecular flexibility index (Phi) is 4.66. The van der Waals surface area contributed by atoms with E-state index in [4.69, 9.17) is 10.8 Å². The van der Waals surface area contributed by atoms with Crippen molar-refractivity contribution in [2.75, 3.05) is 13.2 Å². The first-order chi connectivity index (χ1) is 5.60. The third-order valence-electron chi connectivity index (χ3n) is 2.36. The second kappa shape index (κ2) is 4.98. The van der Waals surface area contributed by atoms with Crippen LogP contribution in [0.5, 0.6) is 0 Å². The SMILES string of the molecule is CCC(CC)(CO)COC(N)=O. The van der Waals surface area contributed by atoms with Gasteiger partial charge in [0.2, 0.25) is 0 Å². The summed E-state index contributed by atoms with van der Waals surface area (Å²) in [5, 5.41) is 9.06. The molecule has 0 aromatic heterocycles. The number of carbonyl (C=O) groups is 1. The number of carbonyl (C=O) groups excluding carboxylic acids is 1. The van der Waals surface area contributed by atoms with E-state index in [0.717, 1.165) is 12.8 Å². The third-order valence-corrected chi connectivity index (χ3v) is 2.36. The van der Waals surface area contributed by atoms with Gasteiger partial charge in [-0.05, 0) is 12.8 Å². The molecule has 0 rings (SSSR count). The standard InChI is InChI=1S/C8H17NO3/c1-3-8(4-2,5-10)6-12-7(9)11/h10H,3-6H2,1-2H3,(H2,9,11). The predicted molar refractivity (Wildman–Crippen MR) is 45.6 cm³/mol. The Hall–Kier alpha value is -0.770. The molecule has 0 fully saturated rings. The molecule has 0 saturated heterocycles. The second-order valence-corrected chi connectivity index (χ2v) is 2.97. The van der Waals surface area contributed by atoms with E-state index in [1.54, 1.807) is 0 Å². The molecule has 0 heterocycles. The van der Waals surface area contributed by atoms with E-state index in [9.17, 15) is 4.79 Å². The Morgan fingerprint density at radius 1 is 1.50 bits per heavy atom. The summed E-state index contributed by atoms with van der Waals surface area (Å²) in [6.45, 7) is 4.12. The van der Waals surface area contributed by atoms with Gasteiger partial charge in [0.05, 0.1) is 6.61 Å². The Bertz CT molecular complexity index is 135. The summed E-state index contributed by atoms with van der Waals surface area (Å²) in [6, 6.07) is 0. The fraction of sp³-hybridized carbons (Fsp3) is 0.875. The van der Waals surface area contributed by atoms with Crippen molar-refractivity contribution in [3.05, 3.63) is 0 Å². The molecule has 0 aliphatic rings. The summed E-state index contributed by atoms with van der Waals surface area (Å²) in [7, 11) is 0. The third kappa shape index (κ3) is 3.09. The number of hydrogen-bond donors (Lipinski definition) is 2. The first-order valence-electron chi connectivity index (χ1n) is 4.13. The van der Waals surface area contributed by atoms with Crippen LogP contribution < -0.4 is 5.73 Å². The van der Waals surface area contributed by atoms with Crippen LogP contribution in [-0.2, 0) is 4.74 Å². The molecule has 72 valence electrons. The minimum atomic E-state index is -0.783. The Labute approximate surface area is 72.7 Å². The zero-order valence-corrected chi connectivity index (χ0v) is 7.67. The maximum Gasteiger partial charge on any atom is 0.404 e. The van der Waals surface area contributed by atoms with Crippen LogP contribution in [0.2, 0.25) is 0 Å². The van der Waals surface area contributed by atoms with Crippen molar-refractivity contribution >= 4 is 6.09 Å². The number of aliphatic hydroxyl groups excluding tert-OH is 1. The highest BCUT2D eigenvalue weighted by atomic mass is 16.5. The lowest BCUT2D eigenvalue weighted by Crippen LogP contribution is -2.32. The van der Waals surface area contributed by atoms with Crippen LogP contribution in [0.3, 0.4) is 0 Å². The number of rotatable bonds is 5. The van der Waals surface area contributed by atoms with Gasteiger partial charge in [0.25, 0.3) is 0 Å². The molecular formula is C8H17NO3. The van der Waals surface area contributed by atoms with Gasteiger partial charge in [0.1, 0.15) is 6.61 Å². The number of ether oxygens (including phenoxy) is 1. The lowest BCUT2D eigenvalue weighted by Gasteiger charge is -2.27. The van der Waals surface area contributed by atoms with Gasteiger partial charge in [-0.1, -0.05) is 13.8 Å². The van der Waals surface area contributed by atoms with Crippen LogP contribution in [0.4, 0.5) is 4.79 Å². The molecule has 0 unspecified atom stereocenters. The topological polar surface area (TPSA) is 72.6 Å². The van der Waals surface area contributed by atoms with E-state index in [0.29, 0.717) is 0 Å². The average molecular weight is 175 g/mol. The lowest BCUT2D eigenvalue weighted by atomic mass is 9.84. The highest BCUT2D eigenvalue weighted by Crippen LogP contribution is 2.25. The highest BCUT2D eigenvalue weighted by Gasteiger charge is 2.26. The van der Waals surface area contributed by atoms with E-state index in [-0.39, 0.29) is 18.6 Å². The normalized spacial score (nSPS) is 11.2. The summed E-state index contributed by atoms with van der Waals surface area (Å²) in [6.07, 6.45) is 0.760. The first-order valence-corrected chi connectivity index (χ1v) is 4.13. The molecule has 0 aliphatic heterocycles. The first kappa shape index (κ1) is 11.2. The molecule has 4 nitrogen and oxygen atoms in total. The number of primary amides is 1. The van der Waals surface area contributed by atoms with Crippen molar-refractivity contribution in [3.8, 4) is 0 Å². The molecule has 0 spiro atoms. The Morgan fingerprint density at radius 2 is 2.00 bits per heavy atom. The van der Waals surface area contributed by atoms with Crippen LogP contribution in [0.25, 0.3) is 0 Å². The predicted octanol–water partition coefficient (Wildman–Crippen LogP) is 0.880. The van der Waals surface area contributed by atoms with Gasteiger partial charge in [-0.25, -0.2) is 4.79 Å². The van der Waals surface area contributed by atoms with Crippen molar-refractivity contribution in [1.29, 1.82) is 0 Å². The molecule has 0 saturated carbocycles. The van der Waals surface area contributed by atoms with E-state index in [1.807, 2.05) is 13.8 Å². The van der Waals surface area contributed by atoms with Crippen molar-refractivity contribution < 1.29 is 14.6 Å². The van der Waals surface area contributed by atoms with Crippen LogP contribution >= 0.6 is 0 Å². The van der Waals surface area contributed by atoms with Gasteiger partial charge < -0.3 is 15.6 Å². The number of amides is 1. The monoisotopic (exact) mass is 175 g/mol. The lowest BCUT2D eigenvalue weighted by molar-refractivity contribution is 0.0353. The zero-order valence-electron chi connectivity index (χ0n) is 7.67. The van der Waals surface area contributed by atoms with Crippen molar-refractivity contribution in [3.63, 3.8) is 0 Å². The summed E-state index contributed by atoms with van der Waals surface area (Å²) in [4.78, 5) is 10.3. The van der Waals surface area contributed by atoms with Crippen LogP contribution in [0.15, 0.2) is 0 Å². The van der Waals surface area contributed by atoms with Crippen molar-refractivity contribution in [1.82, 2.24) is 0 Å². The fourth-order valence-corrected chi connectivity index (χ4v) is 0.948. The van der Waals surface area contributed by atoms with Crippen LogP contribution in [0, 0.1) is 5.41 Å². The molecule has 0 bridgehead atoms. The number of aliphatic hydroxyl groups is 1. The van der Waals surface area contributed by atoms with Gasteiger partial charge in [0, 0.05) is 5.41 Å². The highest BCUT2D eigenvalue weighted by molar-refractivity contribution is 5.64. The molecule has 0 aromatic carbocycles. The van der Waals surface area contributed by atoms with Crippen molar-refractivity contribution in [2.45, 2.75) is 26.7 Å². The minimum absolute atomic E-state index is 0.0211. The van der Waals surface area contributed by atoms with Crippen molar-refractivity contribution in [2.24, 2.45) is 11.1 Å². The Balaban J connectivity index is 4.01. The van der Waals surface area contributed by atoms with Gasteiger partial charge in [-0.2, -0.15) is 0 Å². The van der Waals surface area contributed by atoms with Gasteiger partial charge >= 0.3 is 6.09 Å². The second-order valence-electron chi connectivity index (χ2n) is 2.97. The summed E-state index contributed by atoms with van der Waals surface area (Å²) >= 11 is 0. The van der Waals surface area contributed by atoms with Gasteiger partial charge in [-0.15, -0.1) is 0 Å². The van der Waals surface area contributed by atoms with Gasteiger partial charge in [0.15, 0.2) is 0 Å². The maximum atomic E-state index is 10.3.